The van der Waals surface area contributed by atoms with Gasteiger partial charge in [-0.1, -0.05) is 55.5 Å². The van der Waals surface area contributed by atoms with E-state index in [1.165, 1.54) is 0 Å². The van der Waals surface area contributed by atoms with Crippen molar-refractivity contribution in [3.63, 3.8) is 0 Å². The summed E-state index contributed by atoms with van der Waals surface area (Å²) >= 11 is 0. The Balaban J connectivity index is 0.00000342. The molecule has 1 aliphatic rings. The van der Waals surface area contributed by atoms with E-state index in [1.807, 2.05) is 41.3 Å². The van der Waals surface area contributed by atoms with Gasteiger partial charge < -0.3 is 20.3 Å². The van der Waals surface area contributed by atoms with E-state index in [0.717, 1.165) is 39.8 Å². The molecule has 3 aromatic rings. The molecule has 1 heterocycles. The van der Waals surface area contributed by atoms with Crippen LogP contribution in [0.3, 0.4) is 0 Å². The molecular weight excluding hydrogens is 462 g/mol. The monoisotopic (exact) mass is 495 g/mol. The molecular formula is C28H34ClN3O3. The number of hydrogen-bond acceptors (Lipinski definition) is 4. The number of fused-ring (bicyclic) bond motifs is 2. The van der Waals surface area contributed by atoms with Gasteiger partial charge >= 0.3 is 0 Å². The van der Waals surface area contributed by atoms with Gasteiger partial charge in [0.2, 0.25) is 11.8 Å². The van der Waals surface area contributed by atoms with Crippen LogP contribution in [0.1, 0.15) is 37.8 Å². The zero-order chi connectivity index (χ0) is 24.1. The molecule has 2 atom stereocenters. The maximum Gasteiger partial charge on any atom is 0.249 e. The lowest BCUT2D eigenvalue weighted by Crippen LogP contribution is -2.52. The lowest BCUT2D eigenvalue weighted by atomic mass is 10.0. The number of aryl methyl sites for hydroxylation is 1. The second kappa shape index (κ2) is 12.0. The Hall–Kier alpha value is -3.09. The van der Waals surface area contributed by atoms with Crippen molar-refractivity contribution in [2.45, 2.75) is 51.7 Å². The Morgan fingerprint density at radius 3 is 2.63 bits per heavy atom. The Morgan fingerprint density at radius 2 is 1.86 bits per heavy atom. The first-order valence-electron chi connectivity index (χ1n) is 12.0. The van der Waals surface area contributed by atoms with Crippen molar-refractivity contribution in [2.24, 2.45) is 0 Å². The minimum Gasteiger partial charge on any atom is -0.493 e. The largest absolute Gasteiger partial charge is 0.493 e. The fraction of sp³-hybridized carbons (Fsp3) is 0.357. The molecule has 0 fully saturated rings. The second-order valence-corrected chi connectivity index (χ2v) is 8.78. The molecule has 2 amide bonds. The predicted octanol–water partition coefficient (Wildman–Crippen LogP) is 4.62. The number of carbonyl (C=O) groups excluding carboxylic acids is 2. The summed E-state index contributed by atoms with van der Waals surface area (Å²) in [4.78, 5) is 28.3. The first-order chi connectivity index (χ1) is 16.5. The van der Waals surface area contributed by atoms with Crippen molar-refractivity contribution in [3.8, 4) is 5.75 Å². The first kappa shape index (κ1) is 26.5. The molecule has 4 rings (SSSR count). The van der Waals surface area contributed by atoms with Gasteiger partial charge in [0, 0.05) is 11.3 Å². The van der Waals surface area contributed by atoms with Crippen molar-refractivity contribution < 1.29 is 14.3 Å². The summed E-state index contributed by atoms with van der Waals surface area (Å²) in [5.74, 6) is 0.513. The van der Waals surface area contributed by atoms with Crippen LogP contribution in [0.25, 0.3) is 10.8 Å². The summed E-state index contributed by atoms with van der Waals surface area (Å²) in [6.07, 6.45) is 2.17. The molecule has 1 aliphatic heterocycles. The molecule has 2 N–H and O–H groups in total. The van der Waals surface area contributed by atoms with Gasteiger partial charge in [0.25, 0.3) is 0 Å². The van der Waals surface area contributed by atoms with Gasteiger partial charge in [-0.05, 0) is 61.7 Å². The zero-order valence-corrected chi connectivity index (χ0v) is 21.4. The number of amides is 2. The molecule has 0 radical (unpaired) electrons. The summed E-state index contributed by atoms with van der Waals surface area (Å²) in [6.45, 7) is 4.84. The van der Waals surface area contributed by atoms with Crippen LogP contribution in [0.4, 0.5) is 5.69 Å². The van der Waals surface area contributed by atoms with Crippen molar-refractivity contribution >= 4 is 40.7 Å². The molecule has 186 valence electrons. The minimum absolute atomic E-state index is 0. The van der Waals surface area contributed by atoms with Crippen LogP contribution in [0.5, 0.6) is 5.75 Å². The summed E-state index contributed by atoms with van der Waals surface area (Å²) in [6, 6.07) is 19.3. The molecule has 0 saturated carbocycles. The topological polar surface area (TPSA) is 70.7 Å². The molecule has 0 aromatic heterocycles. The number of anilines is 1. The highest BCUT2D eigenvalue weighted by Gasteiger charge is 2.33. The molecule has 6 nitrogen and oxygen atoms in total. The normalized spacial score (nSPS) is 16.1. The first-order valence-corrected chi connectivity index (χ1v) is 12.0. The molecule has 0 bridgehead atoms. The number of likely N-dealkylation sites (N-methyl/N-ethyl adjacent to an activating group) is 1. The van der Waals surface area contributed by atoms with Gasteiger partial charge in [-0.3, -0.25) is 9.59 Å². The van der Waals surface area contributed by atoms with Crippen molar-refractivity contribution in [1.29, 1.82) is 0 Å². The maximum atomic E-state index is 13.9. The van der Waals surface area contributed by atoms with Gasteiger partial charge in [-0.25, -0.2) is 0 Å². The van der Waals surface area contributed by atoms with Gasteiger partial charge in [0.1, 0.15) is 11.8 Å². The molecule has 0 aliphatic carbocycles. The van der Waals surface area contributed by atoms with E-state index in [-0.39, 0.29) is 30.3 Å². The zero-order valence-electron chi connectivity index (χ0n) is 20.5. The predicted molar refractivity (Wildman–Crippen MR) is 143 cm³/mol. The average molecular weight is 496 g/mol. The number of hydrogen-bond donors (Lipinski definition) is 2. The van der Waals surface area contributed by atoms with Crippen LogP contribution in [-0.4, -0.2) is 37.6 Å². The van der Waals surface area contributed by atoms with Gasteiger partial charge in [-0.2, -0.15) is 0 Å². The Bertz CT molecular complexity index is 1180. The van der Waals surface area contributed by atoms with Gasteiger partial charge in [-0.15, -0.1) is 12.4 Å². The molecule has 2 unspecified atom stereocenters. The van der Waals surface area contributed by atoms with E-state index >= 15 is 0 Å². The SMILES string of the molecule is CCCOc1ccc2ccccc2c1CN1C(=O)C(NC(=O)C(C)NC)CCc2ccccc21.Cl. The maximum absolute atomic E-state index is 13.9. The average Bonchev–Trinajstić information content (AvgIpc) is 2.99. The van der Waals surface area contributed by atoms with Crippen molar-refractivity contribution in [1.82, 2.24) is 10.6 Å². The summed E-state index contributed by atoms with van der Waals surface area (Å²) in [5, 5.41) is 8.09. The van der Waals surface area contributed by atoms with E-state index in [1.54, 1.807) is 14.0 Å². The van der Waals surface area contributed by atoms with Gasteiger partial charge in [0.15, 0.2) is 0 Å². The Kier molecular flexibility index (Phi) is 9.13. The van der Waals surface area contributed by atoms with E-state index in [9.17, 15) is 9.59 Å². The van der Waals surface area contributed by atoms with Crippen molar-refractivity contribution in [3.05, 3.63) is 71.8 Å². The van der Waals surface area contributed by atoms with E-state index in [2.05, 4.69) is 41.8 Å². The lowest BCUT2D eigenvalue weighted by Gasteiger charge is -2.28. The van der Waals surface area contributed by atoms with Crippen LogP contribution in [0.2, 0.25) is 0 Å². The molecule has 7 heteroatoms. The van der Waals surface area contributed by atoms with E-state index < -0.39 is 6.04 Å². The highest BCUT2D eigenvalue weighted by Crippen LogP contribution is 2.34. The van der Waals surface area contributed by atoms with Crippen LogP contribution >= 0.6 is 12.4 Å². The summed E-state index contributed by atoms with van der Waals surface area (Å²) < 4.78 is 6.11. The number of rotatable bonds is 8. The number of para-hydroxylation sites is 1. The standard InChI is InChI=1S/C28H33N3O3.ClH/c1-4-17-34-26-16-14-20-9-5-7-11-22(20)23(26)18-31-25-12-8-6-10-21(25)13-15-24(28(31)33)30-27(32)19(2)29-3;/h5-12,14,16,19,24,29H,4,13,15,17-18H2,1-3H3,(H,30,32);1H. The number of ether oxygens (including phenoxy) is 1. The highest BCUT2D eigenvalue weighted by molar-refractivity contribution is 6.01. The van der Waals surface area contributed by atoms with E-state index in [0.29, 0.717) is 26.0 Å². The number of nitrogens with one attached hydrogen (secondary N) is 2. The summed E-state index contributed by atoms with van der Waals surface area (Å²) in [7, 11) is 1.74. The fourth-order valence-electron chi connectivity index (χ4n) is 4.42. The van der Waals surface area contributed by atoms with Crippen LogP contribution in [0, 0.1) is 0 Å². The van der Waals surface area contributed by atoms with Gasteiger partial charge in [0.05, 0.1) is 19.2 Å². The number of benzene rings is 3. The highest BCUT2D eigenvalue weighted by atomic mass is 35.5. The number of carbonyl (C=O) groups is 2. The second-order valence-electron chi connectivity index (χ2n) is 8.78. The quantitative estimate of drug-likeness (QED) is 0.478. The molecule has 3 aromatic carbocycles. The fourth-order valence-corrected chi connectivity index (χ4v) is 4.42. The van der Waals surface area contributed by atoms with Crippen molar-refractivity contribution in [2.75, 3.05) is 18.6 Å². The third kappa shape index (κ3) is 5.77. The summed E-state index contributed by atoms with van der Waals surface area (Å²) in [5.41, 5.74) is 2.97. The molecule has 35 heavy (non-hydrogen) atoms. The third-order valence-electron chi connectivity index (χ3n) is 6.47. The van der Waals surface area contributed by atoms with Crippen LogP contribution in [-0.2, 0) is 22.6 Å². The van der Waals surface area contributed by atoms with E-state index in [4.69, 9.17) is 4.74 Å². The Labute approximate surface area is 213 Å². The Morgan fingerprint density at radius 1 is 1.11 bits per heavy atom. The van der Waals surface area contributed by atoms with Crippen LogP contribution < -0.4 is 20.3 Å². The third-order valence-corrected chi connectivity index (χ3v) is 6.47. The number of halogens is 1. The minimum atomic E-state index is -0.592. The number of nitrogens with zero attached hydrogens (tertiary/aromatic N) is 1. The van der Waals surface area contributed by atoms with Crippen LogP contribution in [0.15, 0.2) is 60.7 Å². The smallest absolute Gasteiger partial charge is 0.249 e. The lowest BCUT2D eigenvalue weighted by molar-refractivity contribution is -0.128. The molecule has 0 spiro atoms. The molecule has 0 saturated heterocycles.